The largest absolute Gasteiger partial charge is 0.353 e. The third-order valence-electron chi connectivity index (χ3n) is 3.69. The van der Waals surface area contributed by atoms with E-state index in [0.29, 0.717) is 44.2 Å². The first-order chi connectivity index (χ1) is 11.0. The summed E-state index contributed by atoms with van der Waals surface area (Å²) in [4.78, 5) is 37.5. The molecule has 0 aliphatic carbocycles. The summed E-state index contributed by atoms with van der Waals surface area (Å²) < 4.78 is 0. The van der Waals surface area contributed by atoms with Crippen molar-refractivity contribution in [3.8, 4) is 0 Å². The molecular weight excluding hydrogens is 296 g/mol. The van der Waals surface area contributed by atoms with Gasteiger partial charge in [0, 0.05) is 45.3 Å². The van der Waals surface area contributed by atoms with E-state index in [-0.39, 0.29) is 5.91 Å². The maximum Gasteiger partial charge on any atom is 0.270 e. The minimum Gasteiger partial charge on any atom is -0.353 e. The Morgan fingerprint density at radius 2 is 2.00 bits per heavy atom. The molecule has 0 unspecified atom stereocenters. The van der Waals surface area contributed by atoms with Crippen LogP contribution in [0.5, 0.6) is 0 Å². The summed E-state index contributed by atoms with van der Waals surface area (Å²) in [6.45, 7) is 5.86. The molecule has 0 atom stereocenters. The summed E-state index contributed by atoms with van der Waals surface area (Å²) in [6, 6.07) is 1.72. The summed E-state index contributed by atoms with van der Waals surface area (Å²) in [5.41, 5.74) is 0.379. The van der Waals surface area contributed by atoms with Crippen molar-refractivity contribution in [3.63, 3.8) is 0 Å². The number of aromatic nitrogens is 2. The molecule has 1 aromatic heterocycles. The normalized spacial score (nSPS) is 15.0. The van der Waals surface area contributed by atoms with Gasteiger partial charge in [0.25, 0.3) is 5.91 Å². The van der Waals surface area contributed by atoms with Crippen LogP contribution >= 0.6 is 0 Å². The Bertz CT molecular complexity index is 555. The van der Waals surface area contributed by atoms with Crippen molar-refractivity contribution in [2.45, 2.75) is 6.92 Å². The van der Waals surface area contributed by atoms with Gasteiger partial charge < -0.3 is 20.0 Å². The first-order valence-corrected chi connectivity index (χ1v) is 7.72. The number of piperazine rings is 1. The lowest BCUT2D eigenvalue weighted by molar-refractivity contribution is -0.118. The average molecular weight is 320 g/mol. The zero-order valence-corrected chi connectivity index (χ0v) is 13.9. The fraction of sp³-hybridized carbons (Fsp3) is 0.600. The fourth-order valence-electron chi connectivity index (χ4n) is 2.37. The zero-order chi connectivity index (χ0) is 16.8. The lowest BCUT2D eigenvalue weighted by Crippen LogP contribution is -2.46. The van der Waals surface area contributed by atoms with Gasteiger partial charge in [-0.1, -0.05) is 0 Å². The van der Waals surface area contributed by atoms with Gasteiger partial charge in [0.05, 0.1) is 0 Å². The Morgan fingerprint density at radius 1 is 1.30 bits per heavy atom. The molecule has 1 aliphatic rings. The summed E-state index contributed by atoms with van der Waals surface area (Å²) >= 11 is 0. The maximum atomic E-state index is 12.2. The third kappa shape index (κ3) is 4.88. The summed E-state index contributed by atoms with van der Waals surface area (Å²) in [5.74, 6) is 1.11. The molecule has 1 saturated heterocycles. The first kappa shape index (κ1) is 17.1. The number of hydrogen-bond acceptors (Lipinski definition) is 6. The Balaban J connectivity index is 2.04. The van der Waals surface area contributed by atoms with Crippen molar-refractivity contribution < 1.29 is 9.59 Å². The second-order valence-electron chi connectivity index (χ2n) is 5.85. The molecule has 0 radical (unpaired) electrons. The fourth-order valence-corrected chi connectivity index (χ4v) is 2.37. The zero-order valence-electron chi connectivity index (χ0n) is 13.9. The SMILES string of the molecule is Cc1nc(C(=O)NCCN(C)C)cc(N2CCN(C=O)CC2)n1. The molecule has 126 valence electrons. The van der Waals surface area contributed by atoms with E-state index >= 15 is 0 Å². The van der Waals surface area contributed by atoms with Crippen molar-refractivity contribution >= 4 is 18.1 Å². The predicted molar refractivity (Wildman–Crippen MR) is 87.5 cm³/mol. The number of anilines is 1. The van der Waals surface area contributed by atoms with Crippen molar-refractivity contribution in [2.75, 3.05) is 58.3 Å². The number of nitrogens with one attached hydrogen (secondary N) is 1. The van der Waals surface area contributed by atoms with E-state index in [1.54, 1.807) is 17.9 Å². The van der Waals surface area contributed by atoms with Gasteiger partial charge in [-0.25, -0.2) is 9.97 Å². The highest BCUT2D eigenvalue weighted by Gasteiger charge is 2.19. The molecule has 8 heteroatoms. The third-order valence-corrected chi connectivity index (χ3v) is 3.69. The van der Waals surface area contributed by atoms with E-state index in [4.69, 9.17) is 0 Å². The number of carbonyl (C=O) groups excluding carboxylic acids is 2. The molecule has 23 heavy (non-hydrogen) atoms. The minimum atomic E-state index is -0.190. The highest BCUT2D eigenvalue weighted by Crippen LogP contribution is 2.15. The van der Waals surface area contributed by atoms with Crippen LogP contribution in [0.15, 0.2) is 6.07 Å². The molecule has 0 saturated carbocycles. The maximum absolute atomic E-state index is 12.2. The second-order valence-corrected chi connectivity index (χ2v) is 5.85. The summed E-state index contributed by atoms with van der Waals surface area (Å²) in [6.07, 6.45) is 0.867. The molecule has 2 rings (SSSR count). The predicted octanol–water partition coefficient (Wildman–Crippen LogP) is -0.645. The van der Waals surface area contributed by atoms with Gasteiger partial charge in [0.2, 0.25) is 6.41 Å². The Morgan fingerprint density at radius 3 is 2.61 bits per heavy atom. The summed E-state index contributed by atoms with van der Waals surface area (Å²) in [7, 11) is 3.91. The van der Waals surface area contributed by atoms with E-state index < -0.39 is 0 Å². The number of nitrogens with zero attached hydrogens (tertiary/aromatic N) is 5. The molecule has 2 heterocycles. The van der Waals surface area contributed by atoms with Crippen LogP contribution < -0.4 is 10.2 Å². The molecule has 0 aromatic carbocycles. The number of amides is 2. The smallest absolute Gasteiger partial charge is 0.270 e. The van der Waals surface area contributed by atoms with Crippen molar-refractivity contribution in [3.05, 3.63) is 17.6 Å². The van der Waals surface area contributed by atoms with E-state index in [0.717, 1.165) is 18.8 Å². The topological polar surface area (TPSA) is 81.7 Å². The van der Waals surface area contributed by atoms with Crippen LogP contribution in [-0.4, -0.2) is 85.4 Å². The Labute approximate surface area is 136 Å². The molecule has 1 N–H and O–H groups in total. The van der Waals surface area contributed by atoms with Gasteiger partial charge in [-0.3, -0.25) is 9.59 Å². The van der Waals surface area contributed by atoms with E-state index in [1.807, 2.05) is 19.0 Å². The summed E-state index contributed by atoms with van der Waals surface area (Å²) in [5, 5.41) is 2.86. The van der Waals surface area contributed by atoms with Gasteiger partial charge >= 0.3 is 0 Å². The van der Waals surface area contributed by atoms with Gasteiger partial charge in [0.1, 0.15) is 17.3 Å². The van der Waals surface area contributed by atoms with Crippen LogP contribution in [-0.2, 0) is 4.79 Å². The molecule has 0 bridgehead atoms. The van der Waals surface area contributed by atoms with Crippen molar-refractivity contribution in [2.24, 2.45) is 0 Å². The molecule has 1 fully saturated rings. The van der Waals surface area contributed by atoms with E-state index in [9.17, 15) is 9.59 Å². The van der Waals surface area contributed by atoms with Gasteiger partial charge in [-0.05, 0) is 21.0 Å². The van der Waals surface area contributed by atoms with Crippen LogP contribution in [0.1, 0.15) is 16.3 Å². The van der Waals surface area contributed by atoms with E-state index in [2.05, 4.69) is 20.2 Å². The lowest BCUT2D eigenvalue weighted by Gasteiger charge is -2.33. The molecule has 1 aromatic rings. The van der Waals surface area contributed by atoms with Gasteiger partial charge in [-0.15, -0.1) is 0 Å². The van der Waals surface area contributed by atoms with Crippen molar-refractivity contribution in [1.29, 1.82) is 0 Å². The van der Waals surface area contributed by atoms with Crippen LogP contribution in [0.2, 0.25) is 0 Å². The quantitative estimate of drug-likeness (QED) is 0.702. The first-order valence-electron chi connectivity index (χ1n) is 7.72. The average Bonchev–Trinajstić information content (AvgIpc) is 2.54. The van der Waals surface area contributed by atoms with Crippen LogP contribution in [0.4, 0.5) is 5.82 Å². The van der Waals surface area contributed by atoms with E-state index in [1.165, 1.54) is 0 Å². The van der Waals surface area contributed by atoms with Gasteiger partial charge in [-0.2, -0.15) is 0 Å². The van der Waals surface area contributed by atoms with Crippen LogP contribution in [0.25, 0.3) is 0 Å². The number of aryl methyl sites for hydroxylation is 1. The van der Waals surface area contributed by atoms with Gasteiger partial charge in [0.15, 0.2) is 0 Å². The molecule has 0 spiro atoms. The van der Waals surface area contributed by atoms with Crippen LogP contribution in [0.3, 0.4) is 0 Å². The number of likely N-dealkylation sites (N-methyl/N-ethyl adjacent to an activating group) is 1. The molecule has 2 amide bonds. The van der Waals surface area contributed by atoms with Crippen LogP contribution in [0, 0.1) is 6.92 Å². The Kier molecular flexibility index (Phi) is 5.86. The Hall–Kier alpha value is -2.22. The highest BCUT2D eigenvalue weighted by molar-refractivity contribution is 5.92. The molecule has 1 aliphatic heterocycles. The number of hydrogen-bond donors (Lipinski definition) is 1. The monoisotopic (exact) mass is 320 g/mol. The lowest BCUT2D eigenvalue weighted by atomic mass is 10.3. The minimum absolute atomic E-state index is 0.190. The number of carbonyl (C=O) groups is 2. The standard InChI is InChI=1S/C15H24N6O2/c1-12-17-13(15(23)16-4-5-19(2)3)10-14(18-12)21-8-6-20(11-22)7-9-21/h10-11H,4-9H2,1-3H3,(H,16,23). The molecule has 8 nitrogen and oxygen atoms in total. The number of rotatable bonds is 6. The highest BCUT2D eigenvalue weighted by atomic mass is 16.2. The second kappa shape index (κ2) is 7.87. The molecular formula is C15H24N6O2. The van der Waals surface area contributed by atoms with Crippen molar-refractivity contribution in [1.82, 2.24) is 25.1 Å².